The van der Waals surface area contributed by atoms with Crippen LogP contribution >= 0.6 is 0 Å². The normalized spacial score (nSPS) is 13.2. The maximum absolute atomic E-state index is 13.7. The van der Waals surface area contributed by atoms with Crippen molar-refractivity contribution in [1.82, 2.24) is 4.72 Å². The molecule has 1 aliphatic rings. The van der Waals surface area contributed by atoms with Crippen LogP contribution in [0.4, 0.5) is 10.1 Å². The van der Waals surface area contributed by atoms with Crippen molar-refractivity contribution >= 4 is 21.6 Å². The standard InChI is InChI=1S/C19H21FN2O5S/c1-13-4-6-16(15(20)11-13)22-19(23)3-2-8-21-28(24,25)14-5-7-17-18(12-14)27-10-9-26-17/h4-7,11-12,21H,2-3,8-10H2,1H3,(H,22,23). The molecule has 2 N–H and O–H groups in total. The van der Waals surface area contributed by atoms with E-state index in [9.17, 15) is 17.6 Å². The zero-order valence-electron chi connectivity index (χ0n) is 15.3. The van der Waals surface area contributed by atoms with Gasteiger partial charge in [-0.1, -0.05) is 6.07 Å². The third-order valence-electron chi connectivity index (χ3n) is 4.10. The number of anilines is 1. The number of hydrogen-bond donors (Lipinski definition) is 2. The molecule has 7 nitrogen and oxygen atoms in total. The zero-order valence-corrected chi connectivity index (χ0v) is 16.1. The van der Waals surface area contributed by atoms with Crippen molar-refractivity contribution in [3.05, 3.63) is 47.8 Å². The maximum atomic E-state index is 13.7. The van der Waals surface area contributed by atoms with Crippen LogP contribution in [0.15, 0.2) is 41.3 Å². The van der Waals surface area contributed by atoms with Crippen molar-refractivity contribution in [3.8, 4) is 11.5 Å². The Labute approximate surface area is 162 Å². The van der Waals surface area contributed by atoms with Crippen LogP contribution in [0.25, 0.3) is 0 Å². The lowest BCUT2D eigenvalue weighted by molar-refractivity contribution is -0.116. The molecule has 1 aliphatic heterocycles. The van der Waals surface area contributed by atoms with E-state index < -0.39 is 15.8 Å². The summed E-state index contributed by atoms with van der Waals surface area (Å²) in [6.45, 7) is 2.61. The molecule has 0 atom stereocenters. The van der Waals surface area contributed by atoms with Crippen LogP contribution in [0.3, 0.4) is 0 Å². The van der Waals surface area contributed by atoms with Crippen LogP contribution in [0.2, 0.25) is 0 Å². The molecule has 2 aromatic rings. The number of amides is 1. The summed E-state index contributed by atoms with van der Waals surface area (Å²) in [5.74, 6) is -0.00669. The topological polar surface area (TPSA) is 93.7 Å². The molecule has 0 aromatic heterocycles. The number of benzene rings is 2. The number of carbonyl (C=O) groups is 1. The van der Waals surface area contributed by atoms with Crippen LogP contribution in [-0.4, -0.2) is 34.1 Å². The summed E-state index contributed by atoms with van der Waals surface area (Å²) in [5.41, 5.74) is 0.858. The van der Waals surface area contributed by atoms with Gasteiger partial charge in [0.1, 0.15) is 19.0 Å². The number of ether oxygens (including phenoxy) is 2. The van der Waals surface area contributed by atoms with E-state index in [2.05, 4.69) is 10.0 Å². The average Bonchev–Trinajstić information content (AvgIpc) is 2.67. The predicted molar refractivity (Wildman–Crippen MR) is 102 cm³/mol. The summed E-state index contributed by atoms with van der Waals surface area (Å²) in [7, 11) is -3.74. The van der Waals surface area contributed by atoms with Gasteiger partial charge in [-0.15, -0.1) is 0 Å². The number of rotatable bonds is 7. The smallest absolute Gasteiger partial charge is 0.240 e. The van der Waals surface area contributed by atoms with Crippen molar-refractivity contribution in [2.75, 3.05) is 25.1 Å². The lowest BCUT2D eigenvalue weighted by Crippen LogP contribution is -2.26. The molecular weight excluding hydrogens is 387 g/mol. The van der Waals surface area contributed by atoms with Gasteiger partial charge >= 0.3 is 0 Å². The monoisotopic (exact) mass is 408 g/mol. The second kappa shape index (κ2) is 8.57. The predicted octanol–water partition coefficient (Wildman–Crippen LogP) is 2.60. The molecule has 1 amide bonds. The van der Waals surface area contributed by atoms with Gasteiger partial charge in [0.25, 0.3) is 0 Å². The van der Waals surface area contributed by atoms with Crippen LogP contribution in [-0.2, 0) is 14.8 Å². The Morgan fingerprint density at radius 2 is 1.86 bits per heavy atom. The second-order valence-electron chi connectivity index (χ2n) is 6.34. The molecule has 0 aliphatic carbocycles. The van der Waals surface area contributed by atoms with Gasteiger partial charge in [-0.2, -0.15) is 0 Å². The molecule has 150 valence electrons. The van der Waals surface area contributed by atoms with E-state index in [-0.39, 0.29) is 35.9 Å². The van der Waals surface area contributed by atoms with E-state index in [1.165, 1.54) is 24.3 Å². The average molecular weight is 408 g/mol. The number of carbonyl (C=O) groups excluding carboxylic acids is 1. The fraction of sp³-hybridized carbons (Fsp3) is 0.316. The van der Waals surface area contributed by atoms with Crippen molar-refractivity contribution in [3.63, 3.8) is 0 Å². The summed E-state index contributed by atoms with van der Waals surface area (Å²) < 4.78 is 51.7. The number of hydrogen-bond acceptors (Lipinski definition) is 5. The Morgan fingerprint density at radius 1 is 1.11 bits per heavy atom. The molecule has 28 heavy (non-hydrogen) atoms. The van der Waals surface area contributed by atoms with Crippen molar-refractivity contribution in [2.45, 2.75) is 24.7 Å². The highest BCUT2D eigenvalue weighted by molar-refractivity contribution is 7.89. The Balaban J connectivity index is 1.49. The van der Waals surface area contributed by atoms with Crippen LogP contribution in [0.5, 0.6) is 11.5 Å². The quantitative estimate of drug-likeness (QED) is 0.687. The summed E-state index contributed by atoms with van der Waals surface area (Å²) in [6, 6.07) is 8.91. The second-order valence-corrected chi connectivity index (χ2v) is 8.11. The van der Waals surface area contributed by atoms with Gasteiger partial charge in [0.15, 0.2) is 11.5 Å². The van der Waals surface area contributed by atoms with Gasteiger partial charge < -0.3 is 14.8 Å². The lowest BCUT2D eigenvalue weighted by Gasteiger charge is -2.18. The fourth-order valence-electron chi connectivity index (χ4n) is 2.66. The van der Waals surface area contributed by atoms with Gasteiger partial charge in [0, 0.05) is 19.0 Å². The van der Waals surface area contributed by atoms with Gasteiger partial charge in [0.2, 0.25) is 15.9 Å². The first-order valence-corrected chi connectivity index (χ1v) is 10.3. The third-order valence-corrected chi connectivity index (χ3v) is 5.55. The minimum atomic E-state index is -3.74. The van der Waals surface area contributed by atoms with Crippen LogP contribution in [0.1, 0.15) is 18.4 Å². The molecule has 1 heterocycles. The Hall–Kier alpha value is -2.65. The van der Waals surface area contributed by atoms with Crippen molar-refractivity contribution in [1.29, 1.82) is 0 Å². The minimum absolute atomic E-state index is 0.0526. The van der Waals surface area contributed by atoms with Crippen molar-refractivity contribution < 1.29 is 27.1 Å². The molecule has 0 unspecified atom stereocenters. The number of sulfonamides is 1. The van der Waals surface area contributed by atoms with Gasteiger partial charge in [-0.25, -0.2) is 17.5 Å². The van der Waals surface area contributed by atoms with E-state index >= 15 is 0 Å². The number of aryl methyl sites for hydroxylation is 1. The largest absolute Gasteiger partial charge is 0.486 e. The Morgan fingerprint density at radius 3 is 2.61 bits per heavy atom. The lowest BCUT2D eigenvalue weighted by atomic mass is 10.2. The van der Waals surface area contributed by atoms with E-state index in [0.29, 0.717) is 24.7 Å². The Bertz CT molecular complexity index is 978. The van der Waals surface area contributed by atoms with E-state index in [1.54, 1.807) is 19.1 Å². The molecule has 2 aromatic carbocycles. The minimum Gasteiger partial charge on any atom is -0.486 e. The summed E-state index contributed by atoms with van der Waals surface area (Å²) in [5, 5.41) is 2.48. The summed E-state index contributed by atoms with van der Waals surface area (Å²) >= 11 is 0. The highest BCUT2D eigenvalue weighted by Crippen LogP contribution is 2.32. The van der Waals surface area contributed by atoms with Gasteiger partial charge in [-0.3, -0.25) is 4.79 Å². The van der Waals surface area contributed by atoms with E-state index in [1.807, 2.05) is 0 Å². The van der Waals surface area contributed by atoms with Crippen molar-refractivity contribution in [2.24, 2.45) is 0 Å². The number of nitrogens with one attached hydrogen (secondary N) is 2. The molecule has 0 radical (unpaired) electrons. The molecule has 0 fully saturated rings. The zero-order chi connectivity index (χ0) is 20.1. The van der Waals surface area contributed by atoms with E-state index in [4.69, 9.17) is 9.47 Å². The fourth-order valence-corrected chi connectivity index (χ4v) is 3.75. The first-order chi connectivity index (χ1) is 13.3. The van der Waals surface area contributed by atoms with Gasteiger partial charge in [-0.05, 0) is 43.2 Å². The molecule has 0 bridgehead atoms. The first-order valence-electron chi connectivity index (χ1n) is 8.80. The maximum Gasteiger partial charge on any atom is 0.240 e. The van der Waals surface area contributed by atoms with Gasteiger partial charge in [0.05, 0.1) is 10.6 Å². The molecule has 3 rings (SSSR count). The summed E-state index contributed by atoms with van der Waals surface area (Å²) in [4.78, 5) is 12.0. The Kier molecular flexibility index (Phi) is 6.15. The molecule has 0 saturated carbocycles. The SMILES string of the molecule is Cc1ccc(NC(=O)CCCNS(=O)(=O)c2ccc3c(c2)OCCO3)c(F)c1. The highest BCUT2D eigenvalue weighted by atomic mass is 32.2. The number of halogens is 1. The van der Waals surface area contributed by atoms with Crippen LogP contribution < -0.4 is 19.5 Å². The summed E-state index contributed by atoms with van der Waals surface area (Å²) in [6.07, 6.45) is 0.320. The van der Waals surface area contributed by atoms with Crippen LogP contribution in [0, 0.1) is 12.7 Å². The first kappa shape index (κ1) is 20.1. The third kappa shape index (κ3) is 4.99. The molecule has 0 spiro atoms. The van der Waals surface area contributed by atoms with E-state index in [0.717, 1.165) is 5.56 Å². The number of fused-ring (bicyclic) bond motifs is 1. The molecular formula is C19H21FN2O5S. The highest BCUT2D eigenvalue weighted by Gasteiger charge is 2.19. The molecule has 0 saturated heterocycles. The molecule has 9 heteroatoms.